The van der Waals surface area contributed by atoms with Gasteiger partial charge in [-0.3, -0.25) is 4.98 Å². The van der Waals surface area contributed by atoms with Crippen molar-refractivity contribution in [2.24, 2.45) is 0 Å². The molecule has 0 radical (unpaired) electrons. The normalized spacial score (nSPS) is 10.5. The van der Waals surface area contributed by atoms with Crippen molar-refractivity contribution in [3.8, 4) is 23.1 Å². The lowest BCUT2D eigenvalue weighted by molar-refractivity contribution is 0.413. The van der Waals surface area contributed by atoms with Crippen LogP contribution >= 0.6 is 11.6 Å². The Kier molecular flexibility index (Phi) is 3.21. The van der Waals surface area contributed by atoms with E-state index in [1.807, 2.05) is 0 Å². The largest absolute Gasteiger partial charge is 0.495 e. The van der Waals surface area contributed by atoms with Gasteiger partial charge in [0, 0.05) is 11.8 Å². The Morgan fingerprint density at radius 3 is 2.80 bits per heavy atom. The lowest BCUT2D eigenvalue weighted by Crippen LogP contribution is -2.05. The second-order valence-corrected chi connectivity index (χ2v) is 4.02. The molecule has 0 saturated heterocycles. The molecule has 0 aliphatic heterocycles. The van der Waals surface area contributed by atoms with Gasteiger partial charge in [0.25, 0.3) is 5.95 Å². The minimum atomic E-state index is 0.0586. The second kappa shape index (κ2) is 5.17. The molecule has 0 spiro atoms. The fourth-order valence-electron chi connectivity index (χ4n) is 1.54. The summed E-state index contributed by atoms with van der Waals surface area (Å²) in [7, 11) is 1.56. The van der Waals surface area contributed by atoms with E-state index in [4.69, 9.17) is 16.3 Å². The summed E-state index contributed by atoms with van der Waals surface area (Å²) in [6, 6.07) is 1.75. The Hall–Kier alpha value is -2.61. The smallest absolute Gasteiger partial charge is 0.256 e. The molecule has 3 heterocycles. The van der Waals surface area contributed by atoms with Crippen molar-refractivity contribution in [2.45, 2.75) is 0 Å². The molecular formula is C11H8ClN7O. The maximum absolute atomic E-state index is 5.92. The topological polar surface area (TPSA) is 91.5 Å². The third kappa shape index (κ3) is 2.41. The van der Waals surface area contributed by atoms with Crippen LogP contribution in [0.4, 0.5) is 0 Å². The van der Waals surface area contributed by atoms with Crippen molar-refractivity contribution in [3.63, 3.8) is 0 Å². The van der Waals surface area contributed by atoms with Crippen molar-refractivity contribution < 1.29 is 4.74 Å². The molecule has 0 bridgehead atoms. The monoisotopic (exact) mass is 289 g/mol. The van der Waals surface area contributed by atoms with E-state index >= 15 is 0 Å². The summed E-state index contributed by atoms with van der Waals surface area (Å²) >= 11 is 5.92. The molecule has 3 rings (SSSR count). The number of pyridine rings is 1. The van der Waals surface area contributed by atoms with Crippen molar-refractivity contribution in [1.29, 1.82) is 0 Å². The van der Waals surface area contributed by atoms with Gasteiger partial charge < -0.3 is 4.74 Å². The molecule has 0 unspecified atom stereocenters. The number of methoxy groups -OCH3 is 1. The molecule has 0 N–H and O–H groups in total. The van der Waals surface area contributed by atoms with Crippen molar-refractivity contribution >= 4 is 11.6 Å². The predicted octanol–water partition coefficient (Wildman–Crippen LogP) is 1.18. The number of rotatable bonds is 3. The highest BCUT2D eigenvalue weighted by Crippen LogP contribution is 2.20. The van der Waals surface area contributed by atoms with Crippen LogP contribution in [0.25, 0.3) is 17.3 Å². The quantitative estimate of drug-likeness (QED) is 0.715. The van der Waals surface area contributed by atoms with Gasteiger partial charge in [0.05, 0.1) is 13.3 Å². The number of hydrogen-bond donors (Lipinski definition) is 0. The van der Waals surface area contributed by atoms with E-state index in [-0.39, 0.29) is 11.2 Å². The molecule has 0 fully saturated rings. The zero-order valence-electron chi connectivity index (χ0n) is 10.3. The van der Waals surface area contributed by atoms with Crippen LogP contribution in [0.2, 0.25) is 5.28 Å². The van der Waals surface area contributed by atoms with Gasteiger partial charge in [-0.1, -0.05) is 0 Å². The van der Waals surface area contributed by atoms with E-state index in [9.17, 15) is 0 Å². The summed E-state index contributed by atoms with van der Waals surface area (Å²) in [5.74, 6) is 1.25. The molecule has 0 amide bonds. The maximum atomic E-state index is 5.92. The summed E-state index contributed by atoms with van der Waals surface area (Å²) < 4.78 is 6.51. The lowest BCUT2D eigenvalue weighted by Gasteiger charge is -2.05. The van der Waals surface area contributed by atoms with Crippen LogP contribution < -0.4 is 4.74 Å². The van der Waals surface area contributed by atoms with Crippen molar-refractivity contribution in [2.75, 3.05) is 7.11 Å². The predicted molar refractivity (Wildman–Crippen MR) is 69.5 cm³/mol. The summed E-state index contributed by atoms with van der Waals surface area (Å²) in [6.45, 7) is 0. The molecule has 0 aromatic carbocycles. The summed E-state index contributed by atoms with van der Waals surface area (Å²) in [4.78, 5) is 20.2. The van der Waals surface area contributed by atoms with Crippen LogP contribution in [0.15, 0.2) is 31.1 Å². The third-order valence-corrected chi connectivity index (χ3v) is 2.60. The number of ether oxygens (including phenoxy) is 1. The molecule has 0 aliphatic rings. The molecule has 3 aromatic rings. The Balaban J connectivity index is 2.09. The molecular weight excluding hydrogens is 282 g/mol. The van der Waals surface area contributed by atoms with E-state index in [1.54, 1.807) is 25.6 Å². The molecule has 0 saturated carbocycles. The first-order valence-electron chi connectivity index (χ1n) is 5.52. The first-order valence-corrected chi connectivity index (χ1v) is 5.90. The van der Waals surface area contributed by atoms with Crippen LogP contribution in [0.5, 0.6) is 5.75 Å². The molecule has 8 nitrogen and oxygen atoms in total. The number of halogens is 1. The Labute approximate surface area is 118 Å². The highest BCUT2D eigenvalue weighted by Gasteiger charge is 2.10. The van der Waals surface area contributed by atoms with E-state index in [0.717, 1.165) is 0 Å². The summed E-state index contributed by atoms with van der Waals surface area (Å²) in [6.07, 6.45) is 6.05. The maximum Gasteiger partial charge on any atom is 0.256 e. The third-order valence-electron chi connectivity index (χ3n) is 2.43. The highest BCUT2D eigenvalue weighted by molar-refractivity contribution is 6.28. The Morgan fingerprint density at radius 2 is 2.05 bits per heavy atom. The van der Waals surface area contributed by atoms with Crippen LogP contribution in [0, 0.1) is 0 Å². The lowest BCUT2D eigenvalue weighted by atomic mass is 10.2. The minimum Gasteiger partial charge on any atom is -0.495 e. The van der Waals surface area contributed by atoms with E-state index in [2.05, 4.69) is 30.0 Å². The van der Waals surface area contributed by atoms with Gasteiger partial charge in [0.1, 0.15) is 18.4 Å². The number of nitrogens with zero attached hydrogens (tertiary/aromatic N) is 7. The minimum absolute atomic E-state index is 0.0586. The van der Waals surface area contributed by atoms with Gasteiger partial charge in [0.15, 0.2) is 5.82 Å². The Morgan fingerprint density at radius 1 is 1.15 bits per heavy atom. The molecule has 100 valence electrons. The molecule has 0 aliphatic carbocycles. The van der Waals surface area contributed by atoms with Crippen molar-refractivity contribution in [3.05, 3.63) is 36.4 Å². The van der Waals surface area contributed by atoms with Crippen LogP contribution in [0.1, 0.15) is 0 Å². The fourth-order valence-corrected chi connectivity index (χ4v) is 1.69. The first kappa shape index (κ1) is 12.4. The Bertz CT molecular complexity index is 731. The highest BCUT2D eigenvalue weighted by atomic mass is 35.5. The molecule has 3 aromatic heterocycles. The van der Waals surface area contributed by atoms with Gasteiger partial charge in [-0.2, -0.15) is 24.7 Å². The fraction of sp³-hybridized carbons (Fsp3) is 0.0909. The summed E-state index contributed by atoms with van der Waals surface area (Å²) in [5.41, 5.74) is 0.662. The van der Waals surface area contributed by atoms with Gasteiger partial charge in [0.2, 0.25) is 5.28 Å². The molecule has 20 heavy (non-hydrogen) atoms. The molecule has 9 heteroatoms. The van der Waals surface area contributed by atoms with E-state index in [0.29, 0.717) is 17.1 Å². The zero-order chi connectivity index (χ0) is 13.9. The number of aromatic nitrogens is 7. The van der Waals surface area contributed by atoms with Gasteiger partial charge in [-0.05, 0) is 17.7 Å². The average molecular weight is 290 g/mol. The van der Waals surface area contributed by atoms with Gasteiger partial charge in [-0.15, -0.1) is 0 Å². The SMILES string of the molecule is COc1cncc(-c2nc(Cl)nc(-n3cncn3)n2)c1. The average Bonchev–Trinajstić information content (AvgIpc) is 3.01. The van der Waals surface area contributed by atoms with Crippen LogP contribution in [-0.2, 0) is 0 Å². The van der Waals surface area contributed by atoms with Crippen LogP contribution in [0.3, 0.4) is 0 Å². The van der Waals surface area contributed by atoms with Gasteiger partial charge in [-0.25, -0.2) is 4.98 Å². The van der Waals surface area contributed by atoms with Crippen molar-refractivity contribution in [1.82, 2.24) is 34.7 Å². The molecule has 0 atom stereocenters. The zero-order valence-corrected chi connectivity index (χ0v) is 11.1. The summed E-state index contributed by atoms with van der Waals surface area (Å²) in [5, 5.41) is 4.01. The first-order chi connectivity index (χ1) is 9.76. The standard InChI is InChI=1S/C11H8ClN7O/c1-20-8-2-7(3-13-4-8)9-16-10(12)18-11(17-9)19-6-14-5-15-19/h2-6H,1H3. The van der Waals surface area contributed by atoms with Gasteiger partial charge >= 0.3 is 0 Å². The van der Waals surface area contributed by atoms with Crippen LogP contribution in [-0.4, -0.2) is 41.8 Å². The van der Waals surface area contributed by atoms with E-state index < -0.39 is 0 Å². The second-order valence-electron chi connectivity index (χ2n) is 3.68. The number of hydrogen-bond acceptors (Lipinski definition) is 7. The van der Waals surface area contributed by atoms with E-state index in [1.165, 1.54) is 17.3 Å².